The minimum atomic E-state index is -0.885. The zero-order valence-corrected chi connectivity index (χ0v) is 16.3. The highest BCUT2D eigenvalue weighted by Gasteiger charge is 2.33. The first kappa shape index (κ1) is 19.2. The number of hydrogen-bond donors (Lipinski definition) is 1. The number of ether oxygens (including phenoxy) is 2. The molecule has 2 heterocycles. The fraction of sp³-hybridized carbons (Fsp3) is 0.455. The van der Waals surface area contributed by atoms with E-state index in [4.69, 9.17) is 9.47 Å². The average Bonchev–Trinajstić information content (AvgIpc) is 2.70. The van der Waals surface area contributed by atoms with E-state index < -0.39 is 11.6 Å². The first-order valence-corrected chi connectivity index (χ1v) is 9.88. The molecule has 0 bridgehead atoms. The van der Waals surface area contributed by atoms with E-state index in [0.29, 0.717) is 6.61 Å². The smallest absolute Gasteiger partial charge is 0.200 e. The molecule has 28 heavy (non-hydrogen) atoms. The Morgan fingerprint density at radius 2 is 1.96 bits per heavy atom. The predicted octanol–water partition coefficient (Wildman–Crippen LogP) is 4.22. The van der Waals surface area contributed by atoms with Crippen LogP contribution in [0.15, 0.2) is 36.4 Å². The molecule has 2 aliphatic rings. The zero-order chi connectivity index (χ0) is 19.7. The van der Waals surface area contributed by atoms with E-state index in [1.807, 2.05) is 32.0 Å². The number of rotatable bonds is 4. The lowest BCUT2D eigenvalue weighted by Gasteiger charge is -2.41. The van der Waals surface area contributed by atoms with Crippen LogP contribution in [-0.2, 0) is 0 Å². The van der Waals surface area contributed by atoms with Crippen LogP contribution in [0.25, 0.3) is 0 Å². The number of piperazine rings is 1. The van der Waals surface area contributed by atoms with Crippen molar-refractivity contribution in [3.05, 3.63) is 59.2 Å². The number of para-hydroxylation sites is 1. The summed E-state index contributed by atoms with van der Waals surface area (Å²) in [6.07, 6.45) is 0.857. The summed E-state index contributed by atoms with van der Waals surface area (Å²) in [7, 11) is 0. The zero-order valence-electron chi connectivity index (χ0n) is 16.3. The van der Waals surface area contributed by atoms with Gasteiger partial charge in [-0.05, 0) is 26.0 Å². The topological polar surface area (TPSA) is 33.7 Å². The Balaban J connectivity index is 1.59. The maximum absolute atomic E-state index is 14.2. The number of nitrogens with one attached hydrogen (secondary N) is 1. The maximum Gasteiger partial charge on any atom is 0.200 e. The van der Waals surface area contributed by atoms with Crippen LogP contribution in [0, 0.1) is 11.6 Å². The molecule has 150 valence electrons. The summed E-state index contributed by atoms with van der Waals surface area (Å²) in [5, 5.41) is 3.58. The monoisotopic (exact) mass is 388 g/mol. The second-order valence-electron chi connectivity index (χ2n) is 7.64. The van der Waals surface area contributed by atoms with Crippen LogP contribution < -0.4 is 14.8 Å². The Labute approximate surface area is 164 Å². The summed E-state index contributed by atoms with van der Waals surface area (Å²) in [6.45, 7) is 6.85. The average molecular weight is 388 g/mol. The van der Waals surface area contributed by atoms with Crippen molar-refractivity contribution in [3.8, 4) is 11.5 Å². The summed E-state index contributed by atoms with van der Waals surface area (Å²) in [4.78, 5) is 2.34. The van der Waals surface area contributed by atoms with Gasteiger partial charge < -0.3 is 14.8 Å². The summed E-state index contributed by atoms with van der Waals surface area (Å²) in [5.74, 6) is -0.797. The second-order valence-corrected chi connectivity index (χ2v) is 7.64. The van der Waals surface area contributed by atoms with Gasteiger partial charge in [0.2, 0.25) is 5.82 Å². The first-order chi connectivity index (χ1) is 13.5. The first-order valence-electron chi connectivity index (χ1n) is 9.88. The SMILES string of the molecule is CC(C)Oc1ccccc1[C@@H]1CN([C@H]2CCOc3c2ccc(F)c3F)CCN1. The fourth-order valence-corrected chi connectivity index (χ4v) is 4.16. The van der Waals surface area contributed by atoms with Crippen LogP contribution in [0.2, 0.25) is 0 Å². The lowest BCUT2D eigenvalue weighted by atomic mass is 9.95. The van der Waals surface area contributed by atoms with Gasteiger partial charge in [-0.2, -0.15) is 4.39 Å². The van der Waals surface area contributed by atoms with E-state index in [2.05, 4.69) is 16.3 Å². The minimum Gasteiger partial charge on any atom is -0.491 e. The normalized spacial score (nSPS) is 22.6. The van der Waals surface area contributed by atoms with Gasteiger partial charge >= 0.3 is 0 Å². The molecule has 2 aromatic carbocycles. The van der Waals surface area contributed by atoms with Gasteiger partial charge in [0.15, 0.2) is 11.6 Å². The molecular formula is C22H26F2N2O2. The van der Waals surface area contributed by atoms with Crippen molar-refractivity contribution in [3.63, 3.8) is 0 Å². The fourth-order valence-electron chi connectivity index (χ4n) is 4.16. The molecule has 0 unspecified atom stereocenters. The number of halogens is 2. The Hall–Kier alpha value is -2.18. The lowest BCUT2D eigenvalue weighted by Crippen LogP contribution is -2.48. The van der Waals surface area contributed by atoms with Crippen LogP contribution in [-0.4, -0.2) is 37.2 Å². The third-order valence-corrected chi connectivity index (χ3v) is 5.38. The molecule has 1 saturated heterocycles. The highest BCUT2D eigenvalue weighted by atomic mass is 19.2. The van der Waals surface area contributed by atoms with Crippen molar-refractivity contribution in [2.75, 3.05) is 26.2 Å². The van der Waals surface area contributed by atoms with Crippen molar-refractivity contribution in [1.29, 1.82) is 0 Å². The standard InChI is InChI=1S/C22H26F2N2O2/c1-14(2)28-20-6-4-3-5-15(20)18-13-26(11-10-25-18)19-9-12-27-22-16(19)7-8-17(23)21(22)24/h3-8,14,18-19,25H,9-13H2,1-2H3/t18-,19-/m0/s1. The van der Waals surface area contributed by atoms with Crippen molar-refractivity contribution >= 4 is 0 Å². The number of benzene rings is 2. The van der Waals surface area contributed by atoms with E-state index in [-0.39, 0.29) is 23.9 Å². The third kappa shape index (κ3) is 3.71. The summed E-state index contributed by atoms with van der Waals surface area (Å²) >= 11 is 0. The summed E-state index contributed by atoms with van der Waals surface area (Å²) in [5.41, 5.74) is 1.86. The Morgan fingerprint density at radius 3 is 2.79 bits per heavy atom. The summed E-state index contributed by atoms with van der Waals surface area (Å²) in [6, 6.07) is 11.1. The number of fused-ring (bicyclic) bond motifs is 1. The molecular weight excluding hydrogens is 362 g/mol. The molecule has 0 aromatic heterocycles. The van der Waals surface area contributed by atoms with E-state index in [0.717, 1.165) is 42.9 Å². The van der Waals surface area contributed by atoms with Gasteiger partial charge in [0.1, 0.15) is 5.75 Å². The van der Waals surface area contributed by atoms with Gasteiger partial charge in [0, 0.05) is 49.3 Å². The maximum atomic E-state index is 14.2. The molecule has 2 aromatic rings. The quantitative estimate of drug-likeness (QED) is 0.850. The van der Waals surface area contributed by atoms with Crippen molar-refractivity contribution in [2.45, 2.75) is 38.5 Å². The van der Waals surface area contributed by atoms with Crippen molar-refractivity contribution < 1.29 is 18.3 Å². The largest absolute Gasteiger partial charge is 0.491 e. The van der Waals surface area contributed by atoms with Gasteiger partial charge in [0.25, 0.3) is 0 Å². The van der Waals surface area contributed by atoms with Crippen LogP contribution in [0.5, 0.6) is 11.5 Å². The molecule has 0 spiro atoms. The lowest BCUT2D eigenvalue weighted by molar-refractivity contribution is 0.102. The molecule has 0 amide bonds. The van der Waals surface area contributed by atoms with Gasteiger partial charge in [-0.1, -0.05) is 24.3 Å². The third-order valence-electron chi connectivity index (χ3n) is 5.38. The molecule has 0 saturated carbocycles. The van der Waals surface area contributed by atoms with Gasteiger partial charge in [-0.25, -0.2) is 4.39 Å². The highest BCUT2D eigenvalue weighted by Crippen LogP contribution is 2.40. The molecule has 1 fully saturated rings. The van der Waals surface area contributed by atoms with Gasteiger partial charge in [0.05, 0.1) is 12.7 Å². The molecule has 2 atom stereocenters. The van der Waals surface area contributed by atoms with Crippen LogP contribution in [0.4, 0.5) is 8.78 Å². The van der Waals surface area contributed by atoms with Gasteiger partial charge in [-0.15, -0.1) is 0 Å². The molecule has 1 N–H and O–H groups in total. The molecule has 4 nitrogen and oxygen atoms in total. The van der Waals surface area contributed by atoms with Crippen LogP contribution in [0.3, 0.4) is 0 Å². The van der Waals surface area contributed by atoms with Crippen molar-refractivity contribution in [2.24, 2.45) is 0 Å². The summed E-state index contributed by atoms with van der Waals surface area (Å²) < 4.78 is 39.3. The van der Waals surface area contributed by atoms with E-state index in [1.165, 1.54) is 6.07 Å². The van der Waals surface area contributed by atoms with Crippen LogP contribution >= 0.6 is 0 Å². The van der Waals surface area contributed by atoms with E-state index in [1.54, 1.807) is 6.07 Å². The van der Waals surface area contributed by atoms with E-state index in [9.17, 15) is 8.78 Å². The number of hydrogen-bond acceptors (Lipinski definition) is 4. The highest BCUT2D eigenvalue weighted by molar-refractivity contribution is 5.40. The van der Waals surface area contributed by atoms with Crippen molar-refractivity contribution in [1.82, 2.24) is 10.2 Å². The molecule has 0 radical (unpaired) electrons. The van der Waals surface area contributed by atoms with E-state index >= 15 is 0 Å². The second kappa shape index (κ2) is 8.05. The Kier molecular flexibility index (Phi) is 5.51. The predicted molar refractivity (Wildman–Crippen MR) is 104 cm³/mol. The van der Waals surface area contributed by atoms with Gasteiger partial charge in [-0.3, -0.25) is 4.90 Å². The minimum absolute atomic E-state index is 0.0154. The Bertz CT molecular complexity index is 843. The molecule has 6 heteroatoms. The molecule has 0 aliphatic carbocycles. The molecule has 2 aliphatic heterocycles. The Morgan fingerprint density at radius 1 is 1.14 bits per heavy atom. The number of nitrogens with zero attached hydrogens (tertiary/aromatic N) is 1. The van der Waals surface area contributed by atoms with Crippen LogP contribution in [0.1, 0.15) is 43.5 Å². The molecule has 4 rings (SSSR count).